The standard InChI is InChI=1S/C10H12BrN.C7H5BrO.C3H7N/c11-10-4-2-1-3-8(10)7-12-9-5-6-9;8-7-4-2-1-3-6(7)5-9;4-3-1-2-3/h1-4,9,12H,5-7H2;1-5H;3H,1-2,4H2. The number of carbonyl (C=O) groups is 1. The van der Waals surface area contributed by atoms with Crippen LogP contribution in [0.4, 0.5) is 0 Å². The molecule has 0 radical (unpaired) electrons. The molecule has 2 aliphatic carbocycles. The number of carbonyl (C=O) groups excluding carboxylic acids is 1. The molecule has 3 nitrogen and oxygen atoms in total. The molecule has 5 heteroatoms. The molecule has 2 saturated carbocycles. The average Bonchev–Trinajstić information content (AvgIpc) is 3.54. The van der Waals surface area contributed by atoms with Crippen LogP contribution < -0.4 is 11.1 Å². The first-order valence-electron chi connectivity index (χ1n) is 8.52. The van der Waals surface area contributed by atoms with E-state index in [1.807, 2.05) is 24.3 Å². The Hall–Kier alpha value is -1.01. The van der Waals surface area contributed by atoms with Crippen molar-refractivity contribution in [3.63, 3.8) is 0 Å². The molecule has 2 aliphatic rings. The van der Waals surface area contributed by atoms with Crippen molar-refractivity contribution in [1.29, 1.82) is 0 Å². The molecule has 0 heterocycles. The molecule has 2 aromatic carbocycles. The predicted octanol–water partition coefficient (Wildman–Crippen LogP) is 5.07. The molecule has 0 aliphatic heterocycles. The normalized spacial score (nSPS) is 15.3. The van der Waals surface area contributed by atoms with Gasteiger partial charge in [-0.3, -0.25) is 4.79 Å². The molecular formula is C20H24Br2N2O. The van der Waals surface area contributed by atoms with Crippen LogP contribution >= 0.6 is 31.9 Å². The van der Waals surface area contributed by atoms with Crippen LogP contribution in [0.5, 0.6) is 0 Å². The van der Waals surface area contributed by atoms with Gasteiger partial charge in [-0.2, -0.15) is 0 Å². The van der Waals surface area contributed by atoms with E-state index >= 15 is 0 Å². The van der Waals surface area contributed by atoms with Crippen LogP contribution in [-0.4, -0.2) is 18.4 Å². The first-order valence-corrected chi connectivity index (χ1v) is 10.1. The smallest absolute Gasteiger partial charge is 0.151 e. The van der Waals surface area contributed by atoms with Crippen molar-refractivity contribution in [3.05, 3.63) is 68.6 Å². The molecule has 0 unspecified atom stereocenters. The minimum atomic E-state index is 0.583. The van der Waals surface area contributed by atoms with Crippen LogP contribution in [-0.2, 0) is 6.54 Å². The van der Waals surface area contributed by atoms with Crippen molar-refractivity contribution < 1.29 is 4.79 Å². The molecule has 2 fully saturated rings. The second-order valence-corrected chi connectivity index (χ2v) is 7.93. The van der Waals surface area contributed by atoms with Gasteiger partial charge in [0.2, 0.25) is 0 Å². The third-order valence-electron chi connectivity index (χ3n) is 3.77. The lowest BCUT2D eigenvalue weighted by Crippen LogP contribution is -2.15. The lowest BCUT2D eigenvalue weighted by atomic mass is 10.2. The van der Waals surface area contributed by atoms with Crippen molar-refractivity contribution >= 4 is 38.1 Å². The fraction of sp³-hybridized carbons (Fsp3) is 0.350. The van der Waals surface area contributed by atoms with Crippen molar-refractivity contribution in [1.82, 2.24) is 5.32 Å². The first kappa shape index (κ1) is 20.3. The molecule has 134 valence electrons. The van der Waals surface area contributed by atoms with E-state index in [1.165, 1.54) is 35.7 Å². The van der Waals surface area contributed by atoms with Crippen LogP contribution in [0.3, 0.4) is 0 Å². The van der Waals surface area contributed by atoms with E-state index < -0.39 is 0 Å². The van der Waals surface area contributed by atoms with Gasteiger partial charge < -0.3 is 11.1 Å². The van der Waals surface area contributed by atoms with Gasteiger partial charge in [0.25, 0.3) is 0 Å². The summed E-state index contributed by atoms with van der Waals surface area (Å²) in [6.45, 7) is 0.992. The maximum absolute atomic E-state index is 10.2. The predicted molar refractivity (Wildman–Crippen MR) is 111 cm³/mol. The molecule has 3 N–H and O–H groups in total. The van der Waals surface area contributed by atoms with Gasteiger partial charge >= 0.3 is 0 Å². The third-order valence-corrected chi connectivity index (χ3v) is 5.27. The Kier molecular flexibility index (Phi) is 8.82. The van der Waals surface area contributed by atoms with Crippen LogP contribution in [0.2, 0.25) is 0 Å². The molecule has 0 atom stereocenters. The summed E-state index contributed by atoms with van der Waals surface area (Å²) < 4.78 is 2.05. The van der Waals surface area contributed by atoms with E-state index in [1.54, 1.807) is 6.07 Å². The SMILES string of the molecule is Brc1ccccc1CNC1CC1.NC1CC1.O=Cc1ccccc1Br. The second kappa shape index (κ2) is 10.9. The van der Waals surface area contributed by atoms with Gasteiger partial charge in [-0.1, -0.05) is 68.3 Å². The molecule has 0 saturated heterocycles. The highest BCUT2D eigenvalue weighted by atomic mass is 79.9. The fourth-order valence-electron chi connectivity index (χ4n) is 1.85. The molecule has 0 spiro atoms. The zero-order chi connectivity index (χ0) is 18.1. The summed E-state index contributed by atoms with van der Waals surface area (Å²) in [5.74, 6) is 0. The lowest BCUT2D eigenvalue weighted by Gasteiger charge is -2.04. The fourth-order valence-corrected chi connectivity index (χ4v) is 2.65. The number of benzene rings is 2. The minimum absolute atomic E-state index is 0.583. The number of halogens is 2. The van der Waals surface area contributed by atoms with Gasteiger partial charge in [0, 0.05) is 33.1 Å². The summed E-state index contributed by atoms with van der Waals surface area (Å²) in [5.41, 5.74) is 7.27. The zero-order valence-electron chi connectivity index (χ0n) is 14.1. The molecule has 25 heavy (non-hydrogen) atoms. The van der Waals surface area contributed by atoms with Crippen LogP contribution in [0, 0.1) is 0 Å². The Morgan fingerprint density at radius 1 is 0.960 bits per heavy atom. The number of nitrogens with two attached hydrogens (primary N) is 1. The Labute approximate surface area is 166 Å². The monoisotopic (exact) mass is 466 g/mol. The highest BCUT2D eigenvalue weighted by Gasteiger charge is 2.20. The van der Waals surface area contributed by atoms with E-state index in [9.17, 15) is 4.79 Å². The summed E-state index contributed by atoms with van der Waals surface area (Å²) in [6, 6.07) is 17.0. The molecule has 0 aromatic heterocycles. The number of aldehydes is 1. The van der Waals surface area contributed by atoms with Crippen molar-refractivity contribution in [2.24, 2.45) is 5.73 Å². The number of rotatable bonds is 4. The minimum Gasteiger partial charge on any atom is -0.328 e. The van der Waals surface area contributed by atoms with Gasteiger partial charge in [-0.15, -0.1) is 0 Å². The summed E-state index contributed by atoms with van der Waals surface area (Å²) in [4.78, 5) is 10.2. The Bertz CT molecular complexity index is 670. The van der Waals surface area contributed by atoms with Crippen LogP contribution in [0.1, 0.15) is 41.6 Å². The van der Waals surface area contributed by atoms with E-state index in [-0.39, 0.29) is 0 Å². The van der Waals surface area contributed by atoms with Gasteiger partial charge in [0.1, 0.15) is 0 Å². The van der Waals surface area contributed by atoms with Gasteiger partial charge in [0.15, 0.2) is 6.29 Å². The maximum atomic E-state index is 10.2. The first-order chi connectivity index (χ1) is 12.1. The number of hydrogen-bond acceptors (Lipinski definition) is 3. The molecule has 0 amide bonds. The van der Waals surface area contributed by atoms with E-state index in [0.29, 0.717) is 11.6 Å². The summed E-state index contributed by atoms with van der Waals surface area (Å²) in [5, 5.41) is 3.48. The van der Waals surface area contributed by atoms with Crippen LogP contribution in [0.15, 0.2) is 57.5 Å². The largest absolute Gasteiger partial charge is 0.328 e. The zero-order valence-corrected chi connectivity index (χ0v) is 17.3. The molecule has 4 rings (SSSR count). The van der Waals surface area contributed by atoms with Gasteiger partial charge in [-0.05, 0) is 43.4 Å². The molecule has 0 bridgehead atoms. The Morgan fingerprint density at radius 3 is 1.96 bits per heavy atom. The van der Waals surface area contributed by atoms with Crippen molar-refractivity contribution in [3.8, 4) is 0 Å². The maximum Gasteiger partial charge on any atom is 0.151 e. The van der Waals surface area contributed by atoms with Gasteiger partial charge in [0.05, 0.1) is 0 Å². The van der Waals surface area contributed by atoms with E-state index in [0.717, 1.165) is 23.3 Å². The summed E-state index contributed by atoms with van der Waals surface area (Å²) in [7, 11) is 0. The number of hydrogen-bond donors (Lipinski definition) is 2. The van der Waals surface area contributed by atoms with E-state index in [4.69, 9.17) is 5.73 Å². The highest BCUT2D eigenvalue weighted by Crippen LogP contribution is 2.21. The Morgan fingerprint density at radius 2 is 1.52 bits per heavy atom. The average molecular weight is 468 g/mol. The highest BCUT2D eigenvalue weighted by molar-refractivity contribution is 9.10. The topological polar surface area (TPSA) is 55.1 Å². The van der Waals surface area contributed by atoms with Crippen LogP contribution in [0.25, 0.3) is 0 Å². The molecule has 2 aromatic rings. The van der Waals surface area contributed by atoms with E-state index in [2.05, 4.69) is 55.4 Å². The molecular weight excluding hydrogens is 444 g/mol. The summed E-state index contributed by atoms with van der Waals surface area (Å²) >= 11 is 6.75. The van der Waals surface area contributed by atoms with Crippen molar-refractivity contribution in [2.75, 3.05) is 0 Å². The summed E-state index contributed by atoms with van der Waals surface area (Å²) in [6.07, 6.45) is 6.05. The number of nitrogens with one attached hydrogen (secondary N) is 1. The van der Waals surface area contributed by atoms with Gasteiger partial charge in [-0.25, -0.2) is 0 Å². The Balaban J connectivity index is 0.000000152. The lowest BCUT2D eigenvalue weighted by molar-refractivity contribution is 0.112. The second-order valence-electron chi connectivity index (χ2n) is 6.22. The third kappa shape index (κ3) is 8.77. The van der Waals surface area contributed by atoms with Crippen molar-refractivity contribution in [2.45, 2.75) is 44.3 Å². The quantitative estimate of drug-likeness (QED) is 0.617.